The Bertz CT molecular complexity index is 645. The van der Waals surface area contributed by atoms with Gasteiger partial charge in [-0.25, -0.2) is 0 Å². The summed E-state index contributed by atoms with van der Waals surface area (Å²) in [6, 6.07) is 9.26. The number of benzene rings is 1. The van der Waals surface area contributed by atoms with Crippen molar-refractivity contribution in [2.45, 2.75) is 6.54 Å². The maximum absolute atomic E-state index is 6.20. The third-order valence-corrected chi connectivity index (χ3v) is 4.43. The van der Waals surface area contributed by atoms with Crippen molar-refractivity contribution in [3.05, 3.63) is 46.1 Å². The monoisotopic (exact) mass is 426 g/mol. The van der Waals surface area contributed by atoms with Gasteiger partial charge in [-0.05, 0) is 30.3 Å². The molecule has 1 aromatic carbocycles. The average Bonchev–Trinajstić information content (AvgIpc) is 3.03. The summed E-state index contributed by atoms with van der Waals surface area (Å²) in [6.45, 7) is 6.34. The van der Waals surface area contributed by atoms with Gasteiger partial charge in [0.2, 0.25) is 0 Å². The molecule has 0 saturated carbocycles. The van der Waals surface area contributed by atoms with Gasteiger partial charge in [0, 0.05) is 36.8 Å². The molecule has 0 atom stereocenters. The summed E-state index contributed by atoms with van der Waals surface area (Å²) in [5.74, 6) is 1.63. The Morgan fingerprint density at radius 3 is 2.56 bits per heavy atom. The van der Waals surface area contributed by atoms with E-state index >= 15 is 0 Å². The van der Waals surface area contributed by atoms with Crippen LogP contribution in [-0.4, -0.2) is 44.3 Å². The molecular weight excluding hydrogens is 406 g/mol. The maximum Gasteiger partial charge on any atom is 0.135 e. The van der Waals surface area contributed by atoms with Crippen LogP contribution < -0.4 is 5.32 Å². The maximum atomic E-state index is 6.20. The second-order valence-electron chi connectivity index (χ2n) is 5.52. The van der Waals surface area contributed by atoms with Gasteiger partial charge in [-0.15, -0.1) is 24.8 Å². The molecule has 1 fully saturated rings. The zero-order chi connectivity index (χ0) is 16.1. The van der Waals surface area contributed by atoms with Gasteiger partial charge >= 0.3 is 0 Å². The molecular formula is C17H22Cl4N2O2. The first-order valence-electron chi connectivity index (χ1n) is 7.77. The van der Waals surface area contributed by atoms with Crippen LogP contribution >= 0.6 is 48.0 Å². The van der Waals surface area contributed by atoms with Crippen LogP contribution in [0.1, 0.15) is 5.76 Å². The molecule has 0 radical (unpaired) electrons. The molecule has 8 heteroatoms. The van der Waals surface area contributed by atoms with E-state index in [0.29, 0.717) is 16.6 Å². The van der Waals surface area contributed by atoms with Gasteiger partial charge in [0.1, 0.15) is 11.5 Å². The molecule has 1 aliphatic heterocycles. The van der Waals surface area contributed by atoms with E-state index in [2.05, 4.69) is 10.2 Å². The summed E-state index contributed by atoms with van der Waals surface area (Å²) in [7, 11) is 0. The quantitative estimate of drug-likeness (QED) is 0.687. The standard InChI is InChI=1S/C17H20Cl2N2O2.2ClH/c18-13-1-3-16(19)15(11-13)17-4-2-14(23-17)12-20-5-6-21-7-9-22-10-8-21;;/h1-4,11,20H,5-10,12H2;2*1H. The molecule has 1 N–H and O–H groups in total. The lowest BCUT2D eigenvalue weighted by molar-refractivity contribution is 0.0383. The van der Waals surface area contributed by atoms with E-state index < -0.39 is 0 Å². The molecule has 2 aromatic rings. The minimum atomic E-state index is 0. The molecule has 0 aliphatic carbocycles. The highest BCUT2D eigenvalue weighted by Gasteiger charge is 2.11. The minimum absolute atomic E-state index is 0. The summed E-state index contributed by atoms with van der Waals surface area (Å²) in [4.78, 5) is 2.40. The van der Waals surface area contributed by atoms with Crippen molar-refractivity contribution in [2.75, 3.05) is 39.4 Å². The molecule has 4 nitrogen and oxygen atoms in total. The van der Waals surface area contributed by atoms with Gasteiger partial charge in [0.25, 0.3) is 0 Å². The van der Waals surface area contributed by atoms with Crippen molar-refractivity contribution < 1.29 is 9.15 Å². The highest BCUT2D eigenvalue weighted by Crippen LogP contribution is 2.31. The molecule has 0 bridgehead atoms. The number of furan rings is 1. The normalized spacial score (nSPS) is 14.6. The molecule has 3 rings (SSSR count). The van der Waals surface area contributed by atoms with E-state index in [1.165, 1.54) is 0 Å². The van der Waals surface area contributed by atoms with E-state index in [9.17, 15) is 0 Å². The molecule has 2 heterocycles. The fourth-order valence-corrected chi connectivity index (χ4v) is 2.96. The summed E-state index contributed by atoms with van der Waals surface area (Å²) in [6.07, 6.45) is 0. The van der Waals surface area contributed by atoms with Crippen molar-refractivity contribution in [3.8, 4) is 11.3 Å². The first kappa shape index (κ1) is 22.6. The predicted molar refractivity (Wildman–Crippen MR) is 108 cm³/mol. The first-order valence-corrected chi connectivity index (χ1v) is 8.53. The molecule has 140 valence electrons. The average molecular weight is 428 g/mol. The third-order valence-electron chi connectivity index (χ3n) is 3.86. The number of hydrogen-bond donors (Lipinski definition) is 1. The summed E-state index contributed by atoms with van der Waals surface area (Å²) in [5, 5.41) is 4.68. The molecule has 1 saturated heterocycles. The van der Waals surface area contributed by atoms with Crippen LogP contribution in [0, 0.1) is 0 Å². The van der Waals surface area contributed by atoms with Crippen LogP contribution in [0.25, 0.3) is 11.3 Å². The van der Waals surface area contributed by atoms with Crippen LogP contribution in [0.15, 0.2) is 34.7 Å². The van der Waals surface area contributed by atoms with E-state index in [0.717, 1.165) is 56.5 Å². The van der Waals surface area contributed by atoms with E-state index in [1.54, 1.807) is 12.1 Å². The van der Waals surface area contributed by atoms with E-state index in [4.69, 9.17) is 32.4 Å². The largest absolute Gasteiger partial charge is 0.460 e. The van der Waals surface area contributed by atoms with E-state index in [1.807, 2.05) is 18.2 Å². The Hall–Kier alpha value is -0.460. The Kier molecular flexibility index (Phi) is 10.2. The van der Waals surface area contributed by atoms with Gasteiger partial charge in [-0.1, -0.05) is 23.2 Å². The number of hydrogen-bond acceptors (Lipinski definition) is 4. The van der Waals surface area contributed by atoms with Gasteiger partial charge in [0.05, 0.1) is 24.8 Å². The third kappa shape index (κ3) is 6.65. The summed E-state index contributed by atoms with van der Waals surface area (Å²) < 4.78 is 11.2. The van der Waals surface area contributed by atoms with Crippen molar-refractivity contribution in [1.82, 2.24) is 10.2 Å². The highest BCUT2D eigenvalue weighted by molar-refractivity contribution is 6.35. The number of halogens is 4. The fourth-order valence-electron chi connectivity index (χ4n) is 2.58. The second kappa shape index (κ2) is 11.3. The molecule has 0 spiro atoms. The Morgan fingerprint density at radius 2 is 1.80 bits per heavy atom. The molecule has 0 unspecified atom stereocenters. The smallest absolute Gasteiger partial charge is 0.135 e. The zero-order valence-corrected chi connectivity index (χ0v) is 16.8. The van der Waals surface area contributed by atoms with Crippen molar-refractivity contribution in [1.29, 1.82) is 0 Å². The van der Waals surface area contributed by atoms with Crippen molar-refractivity contribution in [3.63, 3.8) is 0 Å². The highest BCUT2D eigenvalue weighted by atomic mass is 35.5. The fraction of sp³-hybridized carbons (Fsp3) is 0.412. The van der Waals surface area contributed by atoms with Gasteiger partial charge < -0.3 is 14.5 Å². The molecule has 1 aromatic heterocycles. The Morgan fingerprint density at radius 1 is 1.04 bits per heavy atom. The lowest BCUT2D eigenvalue weighted by atomic mass is 10.2. The van der Waals surface area contributed by atoms with Crippen molar-refractivity contribution >= 4 is 48.0 Å². The molecule has 25 heavy (non-hydrogen) atoms. The Balaban J connectivity index is 0.00000156. The minimum Gasteiger partial charge on any atom is -0.460 e. The Labute approximate surface area is 170 Å². The van der Waals surface area contributed by atoms with Crippen LogP contribution in [0.5, 0.6) is 0 Å². The number of nitrogens with zero attached hydrogens (tertiary/aromatic N) is 1. The van der Waals surface area contributed by atoms with Crippen LogP contribution in [0.3, 0.4) is 0 Å². The summed E-state index contributed by atoms with van der Waals surface area (Å²) in [5.41, 5.74) is 0.818. The van der Waals surface area contributed by atoms with Gasteiger partial charge in [-0.2, -0.15) is 0 Å². The SMILES string of the molecule is Cl.Cl.Clc1ccc(Cl)c(-c2ccc(CNCCN3CCOCC3)o2)c1. The van der Waals surface area contributed by atoms with Crippen LogP contribution in [-0.2, 0) is 11.3 Å². The predicted octanol–water partition coefficient (Wildman–Crippen LogP) is 4.52. The topological polar surface area (TPSA) is 37.6 Å². The van der Waals surface area contributed by atoms with Crippen LogP contribution in [0.2, 0.25) is 10.0 Å². The number of morpholine rings is 1. The molecule has 1 aliphatic rings. The number of nitrogens with one attached hydrogen (secondary N) is 1. The van der Waals surface area contributed by atoms with Gasteiger partial charge in [-0.3, -0.25) is 4.90 Å². The second-order valence-corrected chi connectivity index (χ2v) is 6.36. The van der Waals surface area contributed by atoms with Gasteiger partial charge in [0.15, 0.2) is 0 Å². The lowest BCUT2D eigenvalue weighted by Crippen LogP contribution is -2.40. The molecule has 0 amide bonds. The first-order chi connectivity index (χ1) is 11.2. The number of rotatable bonds is 6. The lowest BCUT2D eigenvalue weighted by Gasteiger charge is -2.26. The van der Waals surface area contributed by atoms with Crippen molar-refractivity contribution in [2.24, 2.45) is 0 Å². The zero-order valence-electron chi connectivity index (χ0n) is 13.7. The van der Waals surface area contributed by atoms with Crippen LogP contribution in [0.4, 0.5) is 0 Å². The van der Waals surface area contributed by atoms with E-state index in [-0.39, 0.29) is 24.8 Å². The number of ether oxygens (including phenoxy) is 1. The summed E-state index contributed by atoms with van der Waals surface area (Å²) >= 11 is 12.2.